The second kappa shape index (κ2) is 9.09. The Labute approximate surface area is 189 Å². The van der Waals surface area contributed by atoms with E-state index in [0.717, 1.165) is 38.2 Å². The maximum Gasteiger partial charge on any atom is 0.251 e. The van der Waals surface area contributed by atoms with E-state index in [4.69, 9.17) is 0 Å². The topological polar surface area (TPSA) is 62.0 Å². The molecule has 0 fully saturated rings. The first kappa shape index (κ1) is 22.0. The van der Waals surface area contributed by atoms with Gasteiger partial charge in [0.25, 0.3) is 5.91 Å². The van der Waals surface area contributed by atoms with Crippen LogP contribution in [0, 0.1) is 19.7 Å². The normalized spacial score (nSPS) is 12.1. The van der Waals surface area contributed by atoms with Crippen LogP contribution in [0.2, 0.25) is 0 Å². The molecular formula is C26H25FN2O2S. The Balaban J connectivity index is 1.44. The second-order valence-electron chi connectivity index (χ2n) is 7.91. The van der Waals surface area contributed by atoms with E-state index in [1.54, 1.807) is 24.5 Å². The Bertz CT molecular complexity index is 1330. The van der Waals surface area contributed by atoms with Gasteiger partial charge in [-0.05, 0) is 72.9 Å². The van der Waals surface area contributed by atoms with Crippen molar-refractivity contribution in [2.75, 3.05) is 12.8 Å². The smallest absolute Gasteiger partial charge is 0.251 e. The standard InChI is InChI=1S/C26H25FN2O2S/c1-16-7-12-23(27)25-24(16)22(17(2)29-25)13-14-28-26(30)19-10-8-18(9-11-19)20-5-4-6-21(15-20)32(3)31/h4-12,15,29H,13-14H2,1-3H3,(H,28,30). The summed E-state index contributed by atoms with van der Waals surface area (Å²) in [5, 5.41) is 3.86. The SMILES string of the molecule is Cc1[nH]c2c(F)ccc(C)c2c1CCNC(=O)c1ccc(-c2cccc(S(C)=O)c2)cc1. The molecule has 1 aromatic heterocycles. The Morgan fingerprint density at radius 3 is 2.50 bits per heavy atom. The summed E-state index contributed by atoms with van der Waals surface area (Å²) >= 11 is 0. The highest BCUT2D eigenvalue weighted by atomic mass is 32.2. The molecule has 0 saturated carbocycles. The van der Waals surface area contributed by atoms with E-state index in [1.807, 2.05) is 50.2 Å². The third kappa shape index (κ3) is 4.36. The lowest BCUT2D eigenvalue weighted by molar-refractivity contribution is 0.0954. The molecule has 0 aliphatic rings. The highest BCUT2D eigenvalue weighted by molar-refractivity contribution is 7.84. The van der Waals surface area contributed by atoms with Crippen molar-refractivity contribution in [3.05, 3.63) is 88.9 Å². The first-order valence-electron chi connectivity index (χ1n) is 10.4. The van der Waals surface area contributed by atoms with E-state index in [0.29, 0.717) is 24.0 Å². The summed E-state index contributed by atoms with van der Waals surface area (Å²) in [7, 11) is -1.04. The molecule has 2 N–H and O–H groups in total. The second-order valence-corrected chi connectivity index (χ2v) is 9.29. The molecule has 3 aromatic carbocycles. The van der Waals surface area contributed by atoms with E-state index in [-0.39, 0.29) is 11.7 Å². The van der Waals surface area contributed by atoms with Crippen LogP contribution in [0.4, 0.5) is 4.39 Å². The third-order valence-corrected chi connectivity index (χ3v) is 6.65. The molecule has 6 heteroatoms. The number of aromatic nitrogens is 1. The number of rotatable bonds is 6. The van der Waals surface area contributed by atoms with Crippen molar-refractivity contribution >= 4 is 27.6 Å². The summed E-state index contributed by atoms with van der Waals surface area (Å²) in [5.74, 6) is -0.417. The average Bonchev–Trinajstić information content (AvgIpc) is 3.14. The molecule has 4 rings (SSSR count). The number of carbonyl (C=O) groups excluding carboxylic acids is 1. The van der Waals surface area contributed by atoms with Crippen LogP contribution in [-0.2, 0) is 17.2 Å². The summed E-state index contributed by atoms with van der Waals surface area (Å²) in [6, 6.07) is 18.2. The number of nitrogens with one attached hydrogen (secondary N) is 2. The van der Waals surface area contributed by atoms with Gasteiger partial charge in [-0.3, -0.25) is 9.00 Å². The van der Waals surface area contributed by atoms with E-state index >= 15 is 0 Å². The first-order valence-corrected chi connectivity index (χ1v) is 12.0. The Kier molecular flexibility index (Phi) is 6.24. The van der Waals surface area contributed by atoms with Crippen LogP contribution in [0.25, 0.3) is 22.0 Å². The maximum absolute atomic E-state index is 14.1. The lowest BCUT2D eigenvalue weighted by Crippen LogP contribution is -2.25. The molecule has 0 radical (unpaired) electrons. The average molecular weight is 449 g/mol. The Hall–Kier alpha value is -3.25. The molecule has 0 saturated heterocycles. The van der Waals surface area contributed by atoms with Gasteiger partial charge >= 0.3 is 0 Å². The lowest BCUT2D eigenvalue weighted by atomic mass is 10.0. The fourth-order valence-electron chi connectivity index (χ4n) is 4.03. The van der Waals surface area contributed by atoms with Crippen molar-refractivity contribution in [2.45, 2.75) is 25.2 Å². The van der Waals surface area contributed by atoms with E-state index < -0.39 is 10.8 Å². The minimum absolute atomic E-state index is 0.152. The van der Waals surface area contributed by atoms with E-state index in [2.05, 4.69) is 10.3 Å². The number of carbonyl (C=O) groups is 1. The van der Waals surface area contributed by atoms with Gasteiger partial charge in [0.1, 0.15) is 5.82 Å². The van der Waals surface area contributed by atoms with Crippen LogP contribution in [0.1, 0.15) is 27.2 Å². The summed E-state index contributed by atoms with van der Waals surface area (Å²) < 4.78 is 25.9. The molecule has 32 heavy (non-hydrogen) atoms. The predicted octanol–water partition coefficient (Wildman–Crippen LogP) is 5.30. The van der Waals surface area contributed by atoms with Crippen LogP contribution < -0.4 is 5.32 Å². The molecule has 4 nitrogen and oxygen atoms in total. The number of aryl methyl sites for hydroxylation is 2. The molecule has 1 atom stereocenters. The number of H-pyrrole nitrogens is 1. The van der Waals surface area contributed by atoms with Crippen LogP contribution in [0.5, 0.6) is 0 Å². The van der Waals surface area contributed by atoms with Gasteiger partial charge in [-0.25, -0.2) is 4.39 Å². The van der Waals surface area contributed by atoms with Crippen LogP contribution in [-0.4, -0.2) is 27.9 Å². The number of halogens is 1. The molecule has 0 aliphatic heterocycles. The molecule has 1 unspecified atom stereocenters. The van der Waals surface area contributed by atoms with Gasteiger partial charge in [-0.15, -0.1) is 0 Å². The zero-order valence-corrected chi connectivity index (χ0v) is 19.1. The minimum atomic E-state index is -1.04. The van der Waals surface area contributed by atoms with Crippen LogP contribution in [0.3, 0.4) is 0 Å². The number of benzene rings is 3. The number of hydrogen-bond donors (Lipinski definition) is 2. The van der Waals surface area contributed by atoms with Crippen molar-refractivity contribution in [1.29, 1.82) is 0 Å². The molecule has 4 aromatic rings. The highest BCUT2D eigenvalue weighted by Gasteiger charge is 2.14. The van der Waals surface area contributed by atoms with Gasteiger partial charge < -0.3 is 10.3 Å². The molecular weight excluding hydrogens is 423 g/mol. The quantitative estimate of drug-likeness (QED) is 0.420. The monoisotopic (exact) mass is 448 g/mol. The highest BCUT2D eigenvalue weighted by Crippen LogP contribution is 2.28. The van der Waals surface area contributed by atoms with Crippen LogP contribution in [0.15, 0.2) is 65.6 Å². The number of hydrogen-bond acceptors (Lipinski definition) is 2. The fourth-order valence-corrected chi connectivity index (χ4v) is 4.59. The number of fused-ring (bicyclic) bond motifs is 1. The van der Waals surface area contributed by atoms with E-state index in [1.165, 1.54) is 6.07 Å². The Morgan fingerprint density at radius 1 is 1.03 bits per heavy atom. The summed E-state index contributed by atoms with van der Waals surface area (Å²) in [6.45, 7) is 4.35. The summed E-state index contributed by atoms with van der Waals surface area (Å²) in [5.41, 5.74) is 5.97. The number of aromatic amines is 1. The lowest BCUT2D eigenvalue weighted by Gasteiger charge is -2.08. The molecule has 0 bridgehead atoms. The van der Waals surface area contributed by atoms with Gasteiger partial charge in [0.2, 0.25) is 0 Å². The van der Waals surface area contributed by atoms with Crippen molar-refractivity contribution in [3.63, 3.8) is 0 Å². The third-order valence-electron chi connectivity index (χ3n) is 5.74. The van der Waals surface area contributed by atoms with Gasteiger partial charge in [0.05, 0.1) is 5.52 Å². The van der Waals surface area contributed by atoms with Gasteiger partial charge in [-0.1, -0.05) is 30.3 Å². The molecule has 1 amide bonds. The summed E-state index contributed by atoms with van der Waals surface area (Å²) in [4.78, 5) is 16.5. The summed E-state index contributed by atoms with van der Waals surface area (Å²) in [6.07, 6.45) is 2.27. The molecule has 0 spiro atoms. The molecule has 0 aliphatic carbocycles. The number of amides is 1. The first-order chi connectivity index (χ1) is 15.3. The zero-order valence-electron chi connectivity index (χ0n) is 18.3. The van der Waals surface area contributed by atoms with E-state index in [9.17, 15) is 13.4 Å². The Morgan fingerprint density at radius 2 is 1.78 bits per heavy atom. The molecule has 1 heterocycles. The zero-order chi connectivity index (χ0) is 22.8. The van der Waals surface area contributed by atoms with Crippen LogP contribution >= 0.6 is 0 Å². The van der Waals surface area contributed by atoms with Gasteiger partial charge in [0.15, 0.2) is 0 Å². The van der Waals surface area contributed by atoms with Crippen molar-refractivity contribution in [1.82, 2.24) is 10.3 Å². The van der Waals surface area contributed by atoms with Gasteiger partial charge in [-0.2, -0.15) is 0 Å². The largest absolute Gasteiger partial charge is 0.356 e. The van der Waals surface area contributed by atoms with Gasteiger partial charge in [0, 0.05) is 45.1 Å². The van der Waals surface area contributed by atoms with Crippen molar-refractivity contribution < 1.29 is 13.4 Å². The molecule has 164 valence electrons. The van der Waals surface area contributed by atoms with Crippen molar-refractivity contribution in [3.8, 4) is 11.1 Å². The maximum atomic E-state index is 14.1. The minimum Gasteiger partial charge on any atom is -0.356 e. The van der Waals surface area contributed by atoms with Crippen molar-refractivity contribution in [2.24, 2.45) is 0 Å². The fraction of sp³-hybridized carbons (Fsp3) is 0.192. The predicted molar refractivity (Wildman–Crippen MR) is 128 cm³/mol.